The Bertz CT molecular complexity index is 778. The first kappa shape index (κ1) is 17.3. The van der Waals surface area contributed by atoms with Crippen LogP contribution in [0.25, 0.3) is 0 Å². The number of hydrogen-bond acceptors (Lipinski definition) is 4. The summed E-state index contributed by atoms with van der Waals surface area (Å²) in [4.78, 5) is 0. The van der Waals surface area contributed by atoms with Crippen LogP contribution in [0.15, 0.2) is 18.2 Å². The van der Waals surface area contributed by atoms with E-state index in [1.165, 1.54) is 11.1 Å². The minimum atomic E-state index is -3.98. The maximum Gasteiger partial charge on any atom is 0.380 e. The number of fused-ring (bicyclic) bond motifs is 5. The maximum absolute atomic E-state index is 11.2. The normalized spacial score (nSPS) is 37.6. The molecule has 0 heterocycles. The van der Waals surface area contributed by atoms with Gasteiger partial charge in [-0.1, -0.05) is 13.0 Å². The lowest BCUT2D eigenvalue weighted by Crippen LogP contribution is -2.47. The molecule has 0 radical (unpaired) electrons. The molecule has 0 amide bonds. The van der Waals surface area contributed by atoms with Gasteiger partial charge in [-0.15, -0.1) is 0 Å². The van der Waals surface area contributed by atoms with Gasteiger partial charge < -0.3 is 9.29 Å². The number of aliphatic hydroxyl groups is 1. The number of aliphatic hydroxyl groups excluding tert-OH is 1. The molecule has 0 spiro atoms. The van der Waals surface area contributed by atoms with Crippen molar-refractivity contribution in [3.63, 3.8) is 0 Å². The molecule has 3 aliphatic rings. The number of hydrogen-bond donors (Lipinski definition) is 2. The zero-order chi connectivity index (χ0) is 17.8. The molecule has 5 atom stereocenters. The van der Waals surface area contributed by atoms with Crippen molar-refractivity contribution in [1.82, 2.24) is 0 Å². The zero-order valence-electron chi connectivity index (χ0n) is 14.6. The van der Waals surface area contributed by atoms with Crippen LogP contribution >= 0.6 is 0 Å². The molecule has 6 heteroatoms. The highest BCUT2D eigenvalue weighted by molar-refractivity contribution is 7.84. The van der Waals surface area contributed by atoms with E-state index in [0.29, 0.717) is 23.5 Å². The molecular weight excluding hydrogens is 338 g/mol. The van der Waals surface area contributed by atoms with Crippen molar-refractivity contribution in [3.8, 4) is 5.75 Å². The number of aryl methyl sites for hydroxylation is 1. The lowest BCUT2D eigenvalue weighted by molar-refractivity contribution is -0.0536. The molecule has 3 N–H and O–H groups in total. The number of benzene rings is 1. The molecule has 1 aromatic carbocycles. The van der Waals surface area contributed by atoms with Gasteiger partial charge in [0.15, 0.2) is 0 Å². The van der Waals surface area contributed by atoms with Crippen molar-refractivity contribution in [2.45, 2.75) is 63.9 Å². The molecule has 0 bridgehead atoms. The van der Waals surface area contributed by atoms with E-state index in [9.17, 15) is 13.5 Å². The fourth-order valence-corrected chi connectivity index (χ4v) is 6.34. The molecule has 0 aromatic heterocycles. The lowest BCUT2D eigenvalue weighted by atomic mass is 9.50. The standard InChI is InChI=1S/C19H27NO4S/c1-19-9-8-16-15-6-4-14(24-25(20,22)23)10-12(15)2-5-17(16)18(19)7-3-13(21)11-19/h4,6,10,13,16-18,21H,2-3,5,7-9,11H2,1H3,(H2,20,22,23). The van der Waals surface area contributed by atoms with Crippen LogP contribution in [0.3, 0.4) is 0 Å². The van der Waals surface area contributed by atoms with Crippen molar-refractivity contribution in [3.05, 3.63) is 29.3 Å². The molecule has 4 rings (SSSR count). The third-order valence-electron chi connectivity index (χ3n) is 6.94. The quantitative estimate of drug-likeness (QED) is 0.843. The molecule has 3 aliphatic carbocycles. The summed E-state index contributed by atoms with van der Waals surface area (Å²) in [6, 6.07) is 5.60. The minimum Gasteiger partial charge on any atom is -0.393 e. The molecule has 5 nitrogen and oxygen atoms in total. The van der Waals surface area contributed by atoms with Crippen LogP contribution in [-0.2, 0) is 16.7 Å². The predicted molar refractivity (Wildman–Crippen MR) is 95.4 cm³/mol. The summed E-state index contributed by atoms with van der Waals surface area (Å²) in [5.74, 6) is 2.20. The highest BCUT2D eigenvalue weighted by atomic mass is 32.2. The summed E-state index contributed by atoms with van der Waals surface area (Å²) in [5.41, 5.74) is 2.82. The van der Waals surface area contributed by atoms with Gasteiger partial charge in [0.1, 0.15) is 5.75 Å². The largest absolute Gasteiger partial charge is 0.393 e. The Morgan fingerprint density at radius 2 is 2.04 bits per heavy atom. The first-order chi connectivity index (χ1) is 11.8. The second-order valence-corrected chi connectivity index (χ2v) is 9.63. The van der Waals surface area contributed by atoms with E-state index >= 15 is 0 Å². The van der Waals surface area contributed by atoms with E-state index in [2.05, 4.69) is 6.92 Å². The smallest absolute Gasteiger partial charge is 0.380 e. The Balaban J connectivity index is 1.61. The highest BCUT2D eigenvalue weighted by Gasteiger charge is 2.50. The van der Waals surface area contributed by atoms with Gasteiger partial charge in [-0.05, 0) is 91.4 Å². The molecule has 25 heavy (non-hydrogen) atoms. The van der Waals surface area contributed by atoms with E-state index in [-0.39, 0.29) is 11.5 Å². The SMILES string of the molecule is CC12CCC3c4ccc(OS(N)(=O)=O)cc4CCC3C1CCC(O)C2. The van der Waals surface area contributed by atoms with Crippen LogP contribution in [0.1, 0.15) is 62.5 Å². The van der Waals surface area contributed by atoms with Crippen molar-refractivity contribution >= 4 is 10.3 Å². The van der Waals surface area contributed by atoms with Gasteiger partial charge in [-0.3, -0.25) is 0 Å². The average Bonchev–Trinajstić information content (AvgIpc) is 2.51. The second kappa shape index (κ2) is 5.96. The fraction of sp³-hybridized carbons (Fsp3) is 0.684. The van der Waals surface area contributed by atoms with Gasteiger partial charge >= 0.3 is 10.3 Å². The topological polar surface area (TPSA) is 89.6 Å². The number of nitrogens with two attached hydrogens (primary N) is 1. The number of rotatable bonds is 2. The Morgan fingerprint density at radius 3 is 2.80 bits per heavy atom. The van der Waals surface area contributed by atoms with Crippen molar-refractivity contribution in [1.29, 1.82) is 0 Å². The fourth-order valence-electron chi connectivity index (χ4n) is 5.97. The molecule has 2 saturated carbocycles. The van der Waals surface area contributed by atoms with Crippen LogP contribution in [0.4, 0.5) is 0 Å². The Hall–Kier alpha value is -1.11. The third kappa shape index (κ3) is 3.20. The summed E-state index contributed by atoms with van der Waals surface area (Å²) in [6.45, 7) is 2.37. The van der Waals surface area contributed by atoms with Gasteiger partial charge in [0, 0.05) is 0 Å². The summed E-state index contributed by atoms with van der Waals surface area (Å²) < 4.78 is 27.1. The van der Waals surface area contributed by atoms with E-state index in [1.807, 2.05) is 12.1 Å². The van der Waals surface area contributed by atoms with Gasteiger partial charge in [0.25, 0.3) is 0 Å². The van der Waals surface area contributed by atoms with Gasteiger partial charge in [-0.25, -0.2) is 0 Å². The first-order valence-electron chi connectivity index (χ1n) is 9.28. The Kier molecular flexibility index (Phi) is 4.13. The molecule has 2 fully saturated rings. The van der Waals surface area contributed by atoms with Gasteiger partial charge in [0.05, 0.1) is 6.10 Å². The molecule has 1 aromatic rings. The lowest BCUT2D eigenvalue weighted by Gasteiger charge is -2.55. The van der Waals surface area contributed by atoms with Crippen molar-refractivity contribution in [2.75, 3.05) is 0 Å². The van der Waals surface area contributed by atoms with Crippen LogP contribution in [-0.4, -0.2) is 19.6 Å². The highest BCUT2D eigenvalue weighted by Crippen LogP contribution is 2.59. The Labute approximate surface area is 149 Å². The predicted octanol–water partition coefficient (Wildman–Crippen LogP) is 2.88. The molecule has 0 aliphatic heterocycles. The van der Waals surface area contributed by atoms with Gasteiger partial charge in [0.2, 0.25) is 0 Å². The maximum atomic E-state index is 11.2. The van der Waals surface area contributed by atoms with Crippen LogP contribution in [0, 0.1) is 17.3 Å². The van der Waals surface area contributed by atoms with Crippen LogP contribution < -0.4 is 9.32 Å². The molecular formula is C19H27NO4S. The monoisotopic (exact) mass is 365 g/mol. The molecule has 5 unspecified atom stereocenters. The van der Waals surface area contributed by atoms with Crippen molar-refractivity contribution in [2.24, 2.45) is 22.4 Å². The summed E-state index contributed by atoms with van der Waals surface area (Å²) in [5, 5.41) is 15.1. The zero-order valence-corrected chi connectivity index (χ0v) is 15.5. The summed E-state index contributed by atoms with van der Waals surface area (Å²) in [6.07, 6.45) is 7.25. The molecule has 138 valence electrons. The van der Waals surface area contributed by atoms with E-state index in [0.717, 1.165) is 44.9 Å². The Morgan fingerprint density at radius 1 is 1.24 bits per heavy atom. The van der Waals surface area contributed by atoms with E-state index < -0.39 is 10.3 Å². The van der Waals surface area contributed by atoms with E-state index in [1.54, 1.807) is 6.07 Å². The van der Waals surface area contributed by atoms with Crippen LogP contribution in [0.2, 0.25) is 0 Å². The van der Waals surface area contributed by atoms with Crippen LogP contribution in [0.5, 0.6) is 5.75 Å². The summed E-state index contributed by atoms with van der Waals surface area (Å²) in [7, 11) is -3.98. The van der Waals surface area contributed by atoms with Gasteiger partial charge in [-0.2, -0.15) is 13.6 Å². The minimum absolute atomic E-state index is 0.133. The molecule has 0 saturated heterocycles. The average molecular weight is 365 g/mol. The third-order valence-corrected chi connectivity index (χ3v) is 7.37. The first-order valence-corrected chi connectivity index (χ1v) is 10.8. The van der Waals surface area contributed by atoms with E-state index in [4.69, 9.17) is 9.32 Å². The van der Waals surface area contributed by atoms with Crippen molar-refractivity contribution < 1.29 is 17.7 Å². The summed E-state index contributed by atoms with van der Waals surface area (Å²) >= 11 is 0. The second-order valence-electron chi connectivity index (χ2n) is 8.48.